The van der Waals surface area contributed by atoms with E-state index in [2.05, 4.69) is 77.6 Å². The zero-order valence-corrected chi connectivity index (χ0v) is 16.2. The molecule has 3 nitrogen and oxygen atoms in total. The van der Waals surface area contributed by atoms with Crippen LogP contribution in [0.2, 0.25) is 0 Å². The summed E-state index contributed by atoms with van der Waals surface area (Å²) < 4.78 is 5.60. The molecule has 0 aliphatic carbocycles. The van der Waals surface area contributed by atoms with Gasteiger partial charge in [0.2, 0.25) is 0 Å². The predicted octanol–water partition coefficient (Wildman–Crippen LogP) is 6.24. The van der Waals surface area contributed by atoms with Crippen LogP contribution in [0.3, 0.4) is 0 Å². The molecule has 2 heterocycles. The van der Waals surface area contributed by atoms with E-state index in [1.54, 1.807) is 7.11 Å². The van der Waals surface area contributed by atoms with Crippen molar-refractivity contribution in [2.45, 2.75) is 13.3 Å². The van der Waals surface area contributed by atoms with Gasteiger partial charge in [-0.25, -0.2) is 0 Å². The Morgan fingerprint density at radius 3 is 1.50 bits per heavy atom. The van der Waals surface area contributed by atoms with Crippen LogP contribution < -0.4 is 4.74 Å². The molecule has 0 radical (unpaired) electrons. The topological polar surface area (TPSA) is 40.8 Å². The summed E-state index contributed by atoms with van der Waals surface area (Å²) in [5, 5.41) is 4.91. The number of methoxy groups -OCH3 is 1. The normalized spacial score (nSPS) is 10.6. The maximum Gasteiger partial charge on any atom is 0.134 e. The summed E-state index contributed by atoms with van der Waals surface area (Å²) in [4.78, 5) is 6.31. The van der Waals surface area contributed by atoms with E-state index in [9.17, 15) is 0 Å². The molecule has 0 aliphatic heterocycles. The number of rotatable bonds is 3. The lowest BCUT2D eigenvalue weighted by molar-refractivity contribution is 0.424. The monoisotopic (exact) mass is 368 g/mol. The van der Waals surface area contributed by atoms with Crippen molar-refractivity contribution in [3.63, 3.8) is 0 Å². The van der Waals surface area contributed by atoms with Gasteiger partial charge in [-0.05, 0) is 47.5 Å². The van der Waals surface area contributed by atoms with Gasteiger partial charge in [0, 0.05) is 41.0 Å². The number of fused-ring (bicyclic) bond motifs is 2. The van der Waals surface area contributed by atoms with Gasteiger partial charge in [0.25, 0.3) is 0 Å². The Morgan fingerprint density at radius 1 is 0.643 bits per heavy atom. The van der Waals surface area contributed by atoms with Crippen LogP contribution in [0.5, 0.6) is 5.75 Å². The maximum absolute atomic E-state index is 5.60. The van der Waals surface area contributed by atoms with Crippen LogP contribution in [-0.4, -0.2) is 17.1 Å². The van der Waals surface area contributed by atoms with Crippen LogP contribution in [-0.2, 0) is 6.42 Å². The number of aromatic amines is 2. The molecule has 2 N–H and O–H groups in total. The number of ether oxygens (including phenoxy) is 1. The largest absolute Gasteiger partial charge is 0.495 e. The minimum Gasteiger partial charge on any atom is -0.495 e. The van der Waals surface area contributed by atoms with Gasteiger partial charge < -0.3 is 14.7 Å². The quantitative estimate of drug-likeness (QED) is 0.363. The first-order chi connectivity index (χ1) is 13.8. The molecule has 0 bridgehead atoms. The summed E-state index contributed by atoms with van der Waals surface area (Å²) >= 11 is 0. The highest BCUT2D eigenvalue weighted by Gasteiger charge is 2.10. The standard InChI is InChI=1S/C16H14O.C9H10N2/c1-11-12-7-3-5-9-14(12)16(17-2)15-10-6-4-8-13(11)15;1-3-8(10-5-1)7-9-4-2-6-11-9/h3-10H,1-2H3;1-6,10-11H,7H2. The lowest BCUT2D eigenvalue weighted by Gasteiger charge is -2.13. The number of nitrogens with one attached hydrogen (secondary N) is 2. The second kappa shape index (κ2) is 8.05. The van der Waals surface area contributed by atoms with Gasteiger partial charge in [0.15, 0.2) is 0 Å². The van der Waals surface area contributed by atoms with Gasteiger partial charge in [0.1, 0.15) is 5.75 Å². The van der Waals surface area contributed by atoms with Gasteiger partial charge >= 0.3 is 0 Å². The number of hydrogen-bond donors (Lipinski definition) is 2. The third-order valence-corrected chi connectivity index (χ3v) is 5.06. The van der Waals surface area contributed by atoms with Crippen LogP contribution in [0.4, 0.5) is 0 Å². The number of benzene rings is 3. The minimum atomic E-state index is 0.958. The van der Waals surface area contributed by atoms with Crippen molar-refractivity contribution in [2.24, 2.45) is 0 Å². The van der Waals surface area contributed by atoms with E-state index in [0.717, 1.165) is 12.2 Å². The first kappa shape index (κ1) is 17.9. The van der Waals surface area contributed by atoms with Crippen molar-refractivity contribution >= 4 is 21.5 Å². The fourth-order valence-corrected chi connectivity index (χ4v) is 3.69. The lowest BCUT2D eigenvalue weighted by Crippen LogP contribution is -1.90. The average molecular weight is 368 g/mol. The number of H-pyrrole nitrogens is 2. The fourth-order valence-electron chi connectivity index (χ4n) is 3.69. The number of aryl methyl sites for hydroxylation is 1. The molecule has 0 amide bonds. The van der Waals surface area contributed by atoms with Crippen molar-refractivity contribution in [1.29, 1.82) is 0 Å². The highest BCUT2D eigenvalue weighted by molar-refractivity contribution is 6.08. The lowest BCUT2D eigenvalue weighted by atomic mass is 9.97. The molecule has 0 fully saturated rings. The number of aromatic nitrogens is 2. The molecule has 0 aliphatic rings. The van der Waals surface area contributed by atoms with Gasteiger partial charge in [0.05, 0.1) is 7.11 Å². The highest BCUT2D eigenvalue weighted by atomic mass is 16.5. The molecule has 5 rings (SSSR count). The third kappa shape index (κ3) is 3.52. The summed E-state index contributed by atoms with van der Waals surface area (Å²) in [6.07, 6.45) is 4.84. The molecule has 28 heavy (non-hydrogen) atoms. The molecular weight excluding hydrogens is 344 g/mol. The molecule has 2 aromatic heterocycles. The first-order valence-electron chi connectivity index (χ1n) is 9.46. The molecule has 0 spiro atoms. The number of hydrogen-bond acceptors (Lipinski definition) is 1. The summed E-state index contributed by atoms with van der Waals surface area (Å²) in [5.74, 6) is 0.974. The van der Waals surface area contributed by atoms with Gasteiger partial charge in [-0.2, -0.15) is 0 Å². The van der Waals surface area contributed by atoms with E-state index in [1.807, 2.05) is 24.5 Å². The highest BCUT2D eigenvalue weighted by Crippen LogP contribution is 2.37. The summed E-state index contributed by atoms with van der Waals surface area (Å²) in [7, 11) is 1.74. The predicted molar refractivity (Wildman–Crippen MR) is 117 cm³/mol. The van der Waals surface area contributed by atoms with Crippen LogP contribution >= 0.6 is 0 Å². The molecule has 3 heteroatoms. The van der Waals surface area contributed by atoms with Gasteiger partial charge in [-0.1, -0.05) is 48.5 Å². The Balaban J connectivity index is 0.000000151. The second-order valence-corrected chi connectivity index (χ2v) is 6.82. The van der Waals surface area contributed by atoms with E-state index < -0.39 is 0 Å². The van der Waals surface area contributed by atoms with Gasteiger partial charge in [-0.15, -0.1) is 0 Å². The average Bonchev–Trinajstić information content (AvgIpc) is 3.44. The van der Waals surface area contributed by atoms with Crippen molar-refractivity contribution in [3.8, 4) is 5.75 Å². The van der Waals surface area contributed by atoms with Crippen molar-refractivity contribution in [3.05, 3.63) is 102 Å². The molecule has 0 saturated heterocycles. The molecular formula is C25H24N2O. The van der Waals surface area contributed by atoms with Crippen LogP contribution in [0, 0.1) is 6.92 Å². The molecule has 3 aromatic carbocycles. The zero-order chi connectivity index (χ0) is 19.3. The zero-order valence-electron chi connectivity index (χ0n) is 16.2. The Hall–Kier alpha value is -3.46. The second-order valence-electron chi connectivity index (χ2n) is 6.82. The van der Waals surface area contributed by atoms with Crippen molar-refractivity contribution in [2.75, 3.05) is 7.11 Å². The molecule has 0 unspecified atom stereocenters. The van der Waals surface area contributed by atoms with Crippen LogP contribution in [0.15, 0.2) is 85.2 Å². The van der Waals surface area contributed by atoms with E-state index >= 15 is 0 Å². The first-order valence-corrected chi connectivity index (χ1v) is 9.46. The third-order valence-electron chi connectivity index (χ3n) is 5.06. The Labute approximate surface area is 165 Å². The van der Waals surface area contributed by atoms with E-state index in [-0.39, 0.29) is 0 Å². The van der Waals surface area contributed by atoms with E-state index in [0.29, 0.717) is 0 Å². The summed E-state index contributed by atoms with van der Waals surface area (Å²) in [6.45, 7) is 2.17. The minimum absolute atomic E-state index is 0.958. The molecule has 0 saturated carbocycles. The molecule has 5 aromatic rings. The SMILES string of the molecule is COc1c2ccccc2c(C)c2ccccc12.c1c[nH]c(Cc2ccc[nH]2)c1. The maximum atomic E-state index is 5.60. The van der Waals surface area contributed by atoms with E-state index in [4.69, 9.17) is 4.74 Å². The Kier molecular flexibility index (Phi) is 5.16. The molecule has 0 atom stereocenters. The summed E-state index contributed by atoms with van der Waals surface area (Å²) in [5.41, 5.74) is 3.80. The van der Waals surface area contributed by atoms with Gasteiger partial charge in [-0.3, -0.25) is 0 Å². The van der Waals surface area contributed by atoms with E-state index in [1.165, 1.54) is 38.5 Å². The summed E-state index contributed by atoms with van der Waals surface area (Å²) in [6, 6.07) is 25.0. The van der Waals surface area contributed by atoms with Crippen LogP contribution in [0.1, 0.15) is 17.0 Å². The smallest absolute Gasteiger partial charge is 0.134 e. The fraction of sp³-hybridized carbons (Fsp3) is 0.120. The van der Waals surface area contributed by atoms with Crippen molar-refractivity contribution < 1.29 is 4.74 Å². The Morgan fingerprint density at radius 2 is 1.11 bits per heavy atom. The Bertz CT molecular complexity index is 1080. The van der Waals surface area contributed by atoms with Crippen LogP contribution in [0.25, 0.3) is 21.5 Å². The molecule has 140 valence electrons. The van der Waals surface area contributed by atoms with Crippen molar-refractivity contribution in [1.82, 2.24) is 9.97 Å².